The third-order valence-corrected chi connectivity index (χ3v) is 1.86. The van der Waals surface area contributed by atoms with Crippen molar-refractivity contribution >= 4 is 20.2 Å². The first kappa shape index (κ1) is 16.8. The van der Waals surface area contributed by atoms with Crippen molar-refractivity contribution in [2.45, 2.75) is 5.51 Å². The molecule has 0 heterocycles. The molecule has 0 saturated heterocycles. The van der Waals surface area contributed by atoms with Gasteiger partial charge in [-0.2, -0.15) is 30.0 Å². The first-order valence-corrected chi connectivity index (χ1v) is 5.96. The minimum Gasteiger partial charge on any atom is -0.285 e. The molecule has 0 bridgehead atoms. The minimum atomic E-state index is -5.84. The third kappa shape index (κ3) is 11.3. The van der Waals surface area contributed by atoms with Gasteiger partial charge in [-0.25, -0.2) is 0 Å². The molecule has 0 spiro atoms. The van der Waals surface area contributed by atoms with Crippen LogP contribution in [0.15, 0.2) is 12.7 Å². The smallest absolute Gasteiger partial charge is 0.285 e. The van der Waals surface area contributed by atoms with Gasteiger partial charge in [-0.3, -0.25) is 9.11 Å². The minimum absolute atomic E-state index is 0.368. The van der Waals surface area contributed by atoms with Crippen LogP contribution in [0.5, 0.6) is 0 Å². The monoisotopic (exact) mass is 272 g/mol. The second-order valence-electron chi connectivity index (χ2n) is 1.96. The molecule has 15 heavy (non-hydrogen) atoms. The summed E-state index contributed by atoms with van der Waals surface area (Å²) in [7, 11) is -9.63. The van der Waals surface area contributed by atoms with Crippen LogP contribution in [-0.4, -0.2) is 37.2 Å². The molecule has 0 aliphatic heterocycles. The zero-order chi connectivity index (χ0) is 12.9. The largest absolute Gasteiger partial charge is 0.522 e. The van der Waals surface area contributed by atoms with Crippen LogP contribution in [0.1, 0.15) is 0 Å². The normalized spacial score (nSPS) is 12.6. The molecule has 0 unspecified atom stereocenters. The lowest BCUT2D eigenvalue weighted by Crippen LogP contribution is -2.21. The van der Waals surface area contributed by atoms with Crippen molar-refractivity contribution in [3.63, 3.8) is 0 Å². The van der Waals surface area contributed by atoms with Gasteiger partial charge in [0.2, 0.25) is 0 Å². The van der Waals surface area contributed by atoms with Gasteiger partial charge in [0.05, 0.1) is 5.75 Å². The molecule has 0 amide bonds. The maximum atomic E-state index is 10.7. The van der Waals surface area contributed by atoms with Gasteiger partial charge in [-0.15, -0.1) is 6.58 Å². The van der Waals surface area contributed by atoms with E-state index in [9.17, 15) is 21.6 Å². The Morgan fingerprint density at radius 3 is 1.40 bits per heavy atom. The van der Waals surface area contributed by atoms with E-state index in [2.05, 4.69) is 6.58 Å². The Labute approximate surface area is 83.9 Å². The van der Waals surface area contributed by atoms with Crippen LogP contribution < -0.4 is 0 Å². The molecule has 0 fully saturated rings. The fraction of sp³-hybridized carbons (Fsp3) is 0.500. The molecule has 0 atom stereocenters. The van der Waals surface area contributed by atoms with Crippen molar-refractivity contribution < 1.29 is 39.1 Å². The van der Waals surface area contributed by atoms with E-state index in [0.717, 1.165) is 6.08 Å². The third-order valence-electron chi connectivity index (χ3n) is 0.621. The fourth-order valence-electron chi connectivity index (χ4n) is 0.149. The Kier molecular flexibility index (Phi) is 6.08. The molecule has 0 aliphatic rings. The lowest BCUT2D eigenvalue weighted by atomic mass is 10.8. The lowest BCUT2D eigenvalue weighted by molar-refractivity contribution is -0.0510. The average molecular weight is 272 g/mol. The molecule has 0 aromatic carbocycles. The summed E-state index contributed by atoms with van der Waals surface area (Å²) in [5.74, 6) is -0.368. The first-order chi connectivity index (χ1) is 6.31. The molecule has 2 N–H and O–H groups in total. The van der Waals surface area contributed by atoms with Gasteiger partial charge in [0.1, 0.15) is 0 Å². The summed E-state index contributed by atoms with van der Waals surface area (Å²) in [5.41, 5.74) is -5.53. The van der Waals surface area contributed by atoms with Crippen LogP contribution >= 0.6 is 0 Å². The highest BCUT2D eigenvalue weighted by molar-refractivity contribution is 7.86. The van der Waals surface area contributed by atoms with Crippen molar-refractivity contribution in [2.24, 2.45) is 0 Å². The molecular formula is C4H7F3O6S2. The van der Waals surface area contributed by atoms with Crippen molar-refractivity contribution in [3.05, 3.63) is 12.7 Å². The molecule has 0 rings (SSSR count). The van der Waals surface area contributed by atoms with E-state index in [0.29, 0.717) is 0 Å². The Morgan fingerprint density at radius 1 is 1.13 bits per heavy atom. The van der Waals surface area contributed by atoms with Gasteiger partial charge < -0.3 is 0 Å². The van der Waals surface area contributed by atoms with Gasteiger partial charge in [0.25, 0.3) is 10.1 Å². The van der Waals surface area contributed by atoms with Crippen molar-refractivity contribution in [1.82, 2.24) is 0 Å². The van der Waals surface area contributed by atoms with E-state index in [1.54, 1.807) is 0 Å². The summed E-state index contributed by atoms with van der Waals surface area (Å²) >= 11 is 0. The van der Waals surface area contributed by atoms with Crippen molar-refractivity contribution in [2.75, 3.05) is 5.75 Å². The Morgan fingerprint density at radius 2 is 1.40 bits per heavy atom. The molecular weight excluding hydrogens is 265 g/mol. The predicted molar refractivity (Wildman–Crippen MR) is 44.2 cm³/mol. The van der Waals surface area contributed by atoms with E-state index in [-0.39, 0.29) is 5.75 Å². The molecule has 0 aromatic heterocycles. The maximum absolute atomic E-state index is 10.7. The quantitative estimate of drug-likeness (QED) is 0.429. The summed E-state index contributed by atoms with van der Waals surface area (Å²) in [5, 5.41) is 0. The molecule has 0 aromatic rings. The second-order valence-corrected chi connectivity index (χ2v) is 4.87. The molecule has 11 heteroatoms. The van der Waals surface area contributed by atoms with Crippen molar-refractivity contribution in [3.8, 4) is 0 Å². The summed E-state index contributed by atoms with van der Waals surface area (Å²) in [6, 6.07) is 0. The van der Waals surface area contributed by atoms with Crippen LogP contribution in [-0.2, 0) is 20.2 Å². The van der Waals surface area contributed by atoms with Crippen LogP contribution in [0.25, 0.3) is 0 Å². The van der Waals surface area contributed by atoms with Gasteiger partial charge in [-0.1, -0.05) is 6.08 Å². The van der Waals surface area contributed by atoms with E-state index < -0.39 is 25.7 Å². The van der Waals surface area contributed by atoms with E-state index >= 15 is 0 Å². The standard InChI is InChI=1S/C3H6O3S.CHF3O3S/c1-2-3-7(4,5)6;2-1(3,4)8(5,6)7/h2H,1,3H2,(H,4,5,6);(H,5,6,7). The summed E-state index contributed by atoms with van der Waals surface area (Å²) in [4.78, 5) is 0. The van der Waals surface area contributed by atoms with Crippen LogP contribution in [0, 0.1) is 0 Å². The van der Waals surface area contributed by atoms with Gasteiger partial charge >= 0.3 is 15.6 Å². The number of alkyl halides is 3. The topological polar surface area (TPSA) is 109 Å². The first-order valence-electron chi connectivity index (χ1n) is 2.91. The Hall–Kier alpha value is -0.650. The molecule has 92 valence electrons. The molecule has 0 aliphatic carbocycles. The van der Waals surface area contributed by atoms with Gasteiger partial charge in [0, 0.05) is 0 Å². The van der Waals surface area contributed by atoms with Crippen LogP contribution in [0.4, 0.5) is 13.2 Å². The van der Waals surface area contributed by atoms with Gasteiger partial charge in [0.15, 0.2) is 0 Å². The fourth-order valence-corrected chi connectivity index (χ4v) is 0.447. The zero-order valence-electron chi connectivity index (χ0n) is 6.97. The highest BCUT2D eigenvalue weighted by Crippen LogP contribution is 2.20. The van der Waals surface area contributed by atoms with E-state index in [1.165, 1.54) is 0 Å². The molecule has 0 radical (unpaired) electrons. The number of rotatable bonds is 2. The van der Waals surface area contributed by atoms with E-state index in [1.807, 2.05) is 0 Å². The van der Waals surface area contributed by atoms with Gasteiger partial charge in [-0.05, 0) is 0 Å². The lowest BCUT2D eigenvalue weighted by Gasteiger charge is -1.97. The number of halogens is 3. The highest BCUT2D eigenvalue weighted by Gasteiger charge is 2.44. The van der Waals surface area contributed by atoms with Crippen LogP contribution in [0.2, 0.25) is 0 Å². The predicted octanol–water partition coefficient (Wildman–Crippen LogP) is 0.454. The number of hydrogen-bond donors (Lipinski definition) is 2. The molecule has 6 nitrogen and oxygen atoms in total. The molecule has 0 saturated carbocycles. The maximum Gasteiger partial charge on any atom is 0.522 e. The Bertz CT molecular complexity index is 391. The summed E-state index contributed by atoms with van der Waals surface area (Å²) in [6.45, 7) is 3.11. The Balaban J connectivity index is 0. The van der Waals surface area contributed by atoms with Crippen LogP contribution in [0.3, 0.4) is 0 Å². The highest BCUT2D eigenvalue weighted by atomic mass is 32.2. The summed E-state index contributed by atoms with van der Waals surface area (Å²) in [6.07, 6.45) is 1.12. The van der Waals surface area contributed by atoms with Crippen molar-refractivity contribution in [1.29, 1.82) is 0 Å². The average Bonchev–Trinajstić information content (AvgIpc) is 1.79. The number of hydrogen-bond acceptors (Lipinski definition) is 4. The second kappa shape index (κ2) is 5.44. The van der Waals surface area contributed by atoms with E-state index in [4.69, 9.17) is 17.5 Å². The zero-order valence-corrected chi connectivity index (χ0v) is 8.60. The SMILES string of the molecule is C=CCS(=O)(=O)O.O=S(=O)(O)C(F)(F)F. The summed E-state index contributed by atoms with van der Waals surface area (Å²) < 4.78 is 84.9.